The minimum absolute atomic E-state index is 0.393. The van der Waals surface area contributed by atoms with E-state index in [1.54, 1.807) is 6.07 Å². The molecule has 0 aliphatic carbocycles. The molecular weight excluding hydrogens is 344 g/mol. The van der Waals surface area contributed by atoms with E-state index in [4.69, 9.17) is 5.26 Å². The van der Waals surface area contributed by atoms with Gasteiger partial charge in [-0.2, -0.15) is 5.26 Å². The maximum absolute atomic E-state index is 8.97. The Morgan fingerprint density at radius 3 is 2.46 bits per heavy atom. The number of rotatable bonds is 6. The quantitative estimate of drug-likeness (QED) is 0.663. The minimum Gasteiger partial charge on any atom is -0.372 e. The molecule has 3 aromatic rings. The van der Waals surface area contributed by atoms with Gasteiger partial charge in [-0.3, -0.25) is 0 Å². The molecule has 0 amide bonds. The SMILES string of the molecule is CCN(CC)c1ccc(-c2nnc(Sc3cccc(C#N)n3)n2C)cc1. The summed E-state index contributed by atoms with van der Waals surface area (Å²) in [6, 6.07) is 15.8. The molecule has 0 saturated carbocycles. The zero-order valence-corrected chi connectivity index (χ0v) is 15.9. The zero-order chi connectivity index (χ0) is 18.5. The van der Waals surface area contributed by atoms with Crippen LogP contribution in [0.25, 0.3) is 11.4 Å². The minimum atomic E-state index is 0.393. The number of pyridine rings is 1. The number of anilines is 1. The summed E-state index contributed by atoms with van der Waals surface area (Å²) in [7, 11) is 1.93. The van der Waals surface area contributed by atoms with E-state index < -0.39 is 0 Å². The van der Waals surface area contributed by atoms with Crippen molar-refractivity contribution in [2.45, 2.75) is 24.0 Å². The molecule has 0 fully saturated rings. The van der Waals surface area contributed by atoms with E-state index in [-0.39, 0.29) is 0 Å². The molecular formula is C19H20N6S. The third-order valence-electron chi connectivity index (χ3n) is 4.12. The van der Waals surface area contributed by atoms with Gasteiger partial charge in [0, 0.05) is 31.4 Å². The van der Waals surface area contributed by atoms with Gasteiger partial charge in [-0.25, -0.2) is 4.98 Å². The summed E-state index contributed by atoms with van der Waals surface area (Å²) in [4.78, 5) is 6.58. The van der Waals surface area contributed by atoms with Gasteiger partial charge in [0.2, 0.25) is 0 Å². The van der Waals surface area contributed by atoms with Crippen LogP contribution in [0.2, 0.25) is 0 Å². The molecule has 0 atom stereocenters. The van der Waals surface area contributed by atoms with Crippen LogP contribution in [0.4, 0.5) is 5.69 Å². The molecule has 7 heteroatoms. The fourth-order valence-corrected chi connectivity index (χ4v) is 3.48. The molecule has 6 nitrogen and oxygen atoms in total. The third-order valence-corrected chi connectivity index (χ3v) is 5.10. The van der Waals surface area contributed by atoms with Crippen LogP contribution in [0.15, 0.2) is 52.6 Å². The van der Waals surface area contributed by atoms with E-state index in [2.05, 4.69) is 64.3 Å². The van der Waals surface area contributed by atoms with Crippen LogP contribution < -0.4 is 4.90 Å². The lowest BCUT2D eigenvalue weighted by Crippen LogP contribution is -2.21. The Labute approximate surface area is 157 Å². The monoisotopic (exact) mass is 364 g/mol. The molecule has 1 aromatic carbocycles. The molecule has 2 aromatic heterocycles. The van der Waals surface area contributed by atoms with Crippen LogP contribution in [-0.4, -0.2) is 32.8 Å². The molecule has 3 rings (SSSR count). The molecule has 0 unspecified atom stereocenters. The molecule has 0 bridgehead atoms. The van der Waals surface area contributed by atoms with Gasteiger partial charge in [0.25, 0.3) is 0 Å². The van der Waals surface area contributed by atoms with Gasteiger partial charge in [0.1, 0.15) is 16.8 Å². The molecule has 2 heterocycles. The Bertz CT molecular complexity index is 922. The summed E-state index contributed by atoms with van der Waals surface area (Å²) in [6.45, 7) is 6.27. The Morgan fingerprint density at radius 1 is 1.08 bits per heavy atom. The number of hydrogen-bond acceptors (Lipinski definition) is 6. The highest BCUT2D eigenvalue weighted by atomic mass is 32.2. The van der Waals surface area contributed by atoms with Crippen molar-refractivity contribution in [3.05, 3.63) is 48.2 Å². The molecule has 0 radical (unpaired) electrons. The van der Waals surface area contributed by atoms with Crippen molar-refractivity contribution in [2.75, 3.05) is 18.0 Å². The second kappa shape index (κ2) is 8.02. The van der Waals surface area contributed by atoms with Crippen LogP contribution in [0.3, 0.4) is 0 Å². The van der Waals surface area contributed by atoms with Gasteiger partial charge in [-0.05, 0) is 62.0 Å². The third kappa shape index (κ3) is 3.70. The number of nitrogens with zero attached hydrogens (tertiary/aromatic N) is 6. The van der Waals surface area contributed by atoms with E-state index in [1.807, 2.05) is 23.7 Å². The summed E-state index contributed by atoms with van der Waals surface area (Å²) in [6.07, 6.45) is 0. The molecule has 0 spiro atoms. The van der Waals surface area contributed by atoms with Crippen LogP contribution in [0.5, 0.6) is 0 Å². The molecule has 0 aliphatic heterocycles. The number of nitriles is 1. The Kier molecular flexibility index (Phi) is 5.54. The summed E-state index contributed by atoms with van der Waals surface area (Å²) in [5.74, 6) is 0.801. The summed E-state index contributed by atoms with van der Waals surface area (Å²) in [5, 5.41) is 19.0. The van der Waals surface area contributed by atoms with Gasteiger partial charge in [0.05, 0.1) is 0 Å². The highest BCUT2D eigenvalue weighted by Gasteiger charge is 2.13. The zero-order valence-electron chi connectivity index (χ0n) is 15.0. The lowest BCUT2D eigenvalue weighted by atomic mass is 10.2. The van der Waals surface area contributed by atoms with Crippen molar-refractivity contribution in [3.8, 4) is 17.5 Å². The molecule has 0 aliphatic rings. The average Bonchev–Trinajstić information content (AvgIpc) is 3.04. The Hall–Kier alpha value is -2.85. The topological polar surface area (TPSA) is 70.6 Å². The van der Waals surface area contributed by atoms with E-state index >= 15 is 0 Å². The lowest BCUT2D eigenvalue weighted by Gasteiger charge is -2.21. The first-order chi connectivity index (χ1) is 12.7. The highest BCUT2D eigenvalue weighted by molar-refractivity contribution is 7.99. The fraction of sp³-hybridized carbons (Fsp3) is 0.263. The van der Waals surface area contributed by atoms with Crippen molar-refractivity contribution in [1.29, 1.82) is 5.26 Å². The number of benzene rings is 1. The standard InChI is InChI=1S/C19H20N6S/c1-4-25(5-2)16-11-9-14(10-12-16)18-22-23-19(24(18)3)26-17-8-6-7-15(13-20)21-17/h6-12H,4-5H2,1-3H3. The number of hydrogen-bond donors (Lipinski definition) is 0. The first kappa shape index (κ1) is 18.0. The van der Waals surface area contributed by atoms with E-state index in [0.717, 1.165) is 34.7 Å². The van der Waals surface area contributed by atoms with Gasteiger partial charge >= 0.3 is 0 Å². The Balaban J connectivity index is 1.83. The Morgan fingerprint density at radius 2 is 1.81 bits per heavy atom. The number of aromatic nitrogens is 4. The van der Waals surface area contributed by atoms with Crippen molar-refractivity contribution in [3.63, 3.8) is 0 Å². The van der Waals surface area contributed by atoms with Crippen LogP contribution in [0.1, 0.15) is 19.5 Å². The predicted octanol–water partition coefficient (Wildman–Crippen LogP) is 3.75. The van der Waals surface area contributed by atoms with Crippen molar-refractivity contribution < 1.29 is 0 Å². The highest BCUT2D eigenvalue weighted by Crippen LogP contribution is 2.28. The van der Waals surface area contributed by atoms with Crippen molar-refractivity contribution in [1.82, 2.24) is 19.7 Å². The van der Waals surface area contributed by atoms with E-state index in [1.165, 1.54) is 17.4 Å². The maximum atomic E-state index is 8.97. The van der Waals surface area contributed by atoms with Gasteiger partial charge in [0.15, 0.2) is 11.0 Å². The van der Waals surface area contributed by atoms with Gasteiger partial charge in [-0.1, -0.05) is 6.07 Å². The molecule has 0 N–H and O–H groups in total. The molecule has 0 saturated heterocycles. The first-order valence-electron chi connectivity index (χ1n) is 8.46. The summed E-state index contributed by atoms with van der Waals surface area (Å²) in [5.41, 5.74) is 2.61. The largest absolute Gasteiger partial charge is 0.372 e. The second-order valence-electron chi connectivity index (χ2n) is 5.66. The summed E-state index contributed by atoms with van der Waals surface area (Å²) >= 11 is 1.39. The van der Waals surface area contributed by atoms with Crippen molar-refractivity contribution in [2.24, 2.45) is 7.05 Å². The predicted molar refractivity (Wildman–Crippen MR) is 103 cm³/mol. The van der Waals surface area contributed by atoms with Gasteiger partial charge in [-0.15, -0.1) is 10.2 Å². The second-order valence-corrected chi connectivity index (χ2v) is 6.65. The normalized spacial score (nSPS) is 10.5. The van der Waals surface area contributed by atoms with E-state index in [0.29, 0.717) is 5.69 Å². The van der Waals surface area contributed by atoms with E-state index in [9.17, 15) is 0 Å². The summed E-state index contributed by atoms with van der Waals surface area (Å²) < 4.78 is 1.94. The van der Waals surface area contributed by atoms with Crippen LogP contribution in [0, 0.1) is 11.3 Å². The molecule has 132 valence electrons. The fourth-order valence-electron chi connectivity index (χ4n) is 2.69. The van der Waals surface area contributed by atoms with Crippen LogP contribution >= 0.6 is 11.8 Å². The first-order valence-corrected chi connectivity index (χ1v) is 9.27. The average molecular weight is 364 g/mol. The lowest BCUT2D eigenvalue weighted by molar-refractivity contribution is 0.792. The molecule has 26 heavy (non-hydrogen) atoms. The maximum Gasteiger partial charge on any atom is 0.197 e. The van der Waals surface area contributed by atoms with Gasteiger partial charge < -0.3 is 9.47 Å². The smallest absolute Gasteiger partial charge is 0.197 e. The van der Waals surface area contributed by atoms with Crippen LogP contribution in [-0.2, 0) is 7.05 Å². The van der Waals surface area contributed by atoms with Crippen molar-refractivity contribution >= 4 is 17.4 Å².